The zero-order valence-corrected chi connectivity index (χ0v) is 12.6. The van der Waals surface area contributed by atoms with E-state index in [4.69, 9.17) is 11.6 Å². The van der Waals surface area contributed by atoms with Gasteiger partial charge >= 0.3 is 0 Å². The molecule has 0 aliphatic rings. The SMILES string of the molecule is Cc1cc(NC(CCCl)C(C)(C)C)n2ncnc2n1. The maximum absolute atomic E-state index is 5.91. The largest absolute Gasteiger partial charge is 0.367 e. The van der Waals surface area contributed by atoms with Crippen molar-refractivity contribution >= 4 is 23.2 Å². The topological polar surface area (TPSA) is 55.1 Å². The van der Waals surface area contributed by atoms with Crippen LogP contribution in [0.1, 0.15) is 32.9 Å². The van der Waals surface area contributed by atoms with Crippen molar-refractivity contribution in [2.75, 3.05) is 11.2 Å². The van der Waals surface area contributed by atoms with Gasteiger partial charge < -0.3 is 5.32 Å². The predicted octanol–water partition coefficient (Wildman–Crippen LogP) is 2.89. The first kappa shape index (κ1) is 14.1. The fourth-order valence-corrected chi connectivity index (χ4v) is 2.26. The van der Waals surface area contributed by atoms with Crippen LogP contribution in [0.4, 0.5) is 5.82 Å². The normalized spacial score (nSPS) is 13.7. The molecule has 19 heavy (non-hydrogen) atoms. The fourth-order valence-electron chi connectivity index (χ4n) is 2.04. The van der Waals surface area contributed by atoms with Gasteiger partial charge in [-0.1, -0.05) is 20.8 Å². The van der Waals surface area contributed by atoms with Crippen LogP contribution in [0.5, 0.6) is 0 Å². The second-order valence-electron chi connectivity index (χ2n) is 5.80. The first-order valence-electron chi connectivity index (χ1n) is 6.41. The number of aryl methyl sites for hydroxylation is 1. The second kappa shape index (κ2) is 5.33. The zero-order chi connectivity index (χ0) is 14.0. The summed E-state index contributed by atoms with van der Waals surface area (Å²) in [6, 6.07) is 2.24. The molecule has 0 aliphatic heterocycles. The van der Waals surface area contributed by atoms with Crippen LogP contribution in [-0.2, 0) is 0 Å². The smallest absolute Gasteiger partial charge is 0.254 e. The quantitative estimate of drug-likeness (QED) is 0.876. The van der Waals surface area contributed by atoms with Crippen LogP contribution in [0.15, 0.2) is 12.4 Å². The molecular weight excluding hydrogens is 262 g/mol. The van der Waals surface area contributed by atoms with Crippen LogP contribution in [0.3, 0.4) is 0 Å². The van der Waals surface area contributed by atoms with Gasteiger partial charge in [-0.25, -0.2) is 4.98 Å². The summed E-state index contributed by atoms with van der Waals surface area (Å²) in [7, 11) is 0. The number of nitrogens with zero attached hydrogens (tertiary/aromatic N) is 4. The number of nitrogens with one attached hydrogen (secondary N) is 1. The molecule has 1 unspecified atom stereocenters. The average Bonchev–Trinajstić information content (AvgIpc) is 2.74. The van der Waals surface area contributed by atoms with Crippen LogP contribution in [0.25, 0.3) is 5.78 Å². The average molecular weight is 282 g/mol. The molecule has 0 aromatic carbocycles. The molecule has 0 saturated carbocycles. The van der Waals surface area contributed by atoms with Crippen molar-refractivity contribution in [2.45, 2.75) is 40.2 Å². The Balaban J connectivity index is 2.35. The van der Waals surface area contributed by atoms with Crippen molar-refractivity contribution < 1.29 is 0 Å². The highest BCUT2D eigenvalue weighted by Crippen LogP contribution is 2.26. The third kappa shape index (κ3) is 3.15. The molecule has 2 heterocycles. The van der Waals surface area contributed by atoms with E-state index in [1.807, 2.05) is 13.0 Å². The van der Waals surface area contributed by atoms with E-state index in [9.17, 15) is 0 Å². The molecule has 2 aromatic rings. The van der Waals surface area contributed by atoms with E-state index in [2.05, 4.69) is 41.2 Å². The van der Waals surface area contributed by atoms with E-state index in [0.717, 1.165) is 17.9 Å². The summed E-state index contributed by atoms with van der Waals surface area (Å²) in [4.78, 5) is 8.47. The maximum Gasteiger partial charge on any atom is 0.254 e. The van der Waals surface area contributed by atoms with Crippen molar-refractivity contribution in [1.82, 2.24) is 19.6 Å². The molecule has 0 radical (unpaired) electrons. The molecule has 0 fully saturated rings. The van der Waals surface area contributed by atoms with Gasteiger partial charge in [0.15, 0.2) is 0 Å². The van der Waals surface area contributed by atoms with Crippen molar-refractivity contribution in [3.05, 3.63) is 18.1 Å². The van der Waals surface area contributed by atoms with Crippen LogP contribution >= 0.6 is 11.6 Å². The highest BCUT2D eigenvalue weighted by molar-refractivity contribution is 6.17. The van der Waals surface area contributed by atoms with Gasteiger partial charge in [-0.05, 0) is 18.8 Å². The van der Waals surface area contributed by atoms with E-state index < -0.39 is 0 Å². The Kier molecular flexibility index (Phi) is 3.94. The monoisotopic (exact) mass is 281 g/mol. The zero-order valence-electron chi connectivity index (χ0n) is 11.8. The van der Waals surface area contributed by atoms with Gasteiger partial charge in [-0.3, -0.25) is 0 Å². The number of hydrogen-bond acceptors (Lipinski definition) is 4. The Morgan fingerprint density at radius 1 is 1.42 bits per heavy atom. The van der Waals surface area contributed by atoms with Crippen molar-refractivity contribution in [1.29, 1.82) is 0 Å². The molecule has 0 saturated heterocycles. The first-order chi connectivity index (χ1) is 8.91. The van der Waals surface area contributed by atoms with E-state index >= 15 is 0 Å². The number of hydrogen-bond donors (Lipinski definition) is 1. The van der Waals surface area contributed by atoms with E-state index in [0.29, 0.717) is 11.7 Å². The summed E-state index contributed by atoms with van der Waals surface area (Å²) in [5.41, 5.74) is 1.03. The number of alkyl halides is 1. The Labute approximate surface area is 118 Å². The number of aromatic nitrogens is 4. The molecule has 0 amide bonds. The lowest BCUT2D eigenvalue weighted by atomic mass is 9.85. The highest BCUT2D eigenvalue weighted by atomic mass is 35.5. The molecule has 2 aromatic heterocycles. The minimum atomic E-state index is 0.110. The first-order valence-corrected chi connectivity index (χ1v) is 6.95. The third-order valence-corrected chi connectivity index (χ3v) is 3.36. The lowest BCUT2D eigenvalue weighted by Gasteiger charge is -2.32. The van der Waals surface area contributed by atoms with Gasteiger partial charge in [0.25, 0.3) is 5.78 Å². The number of fused-ring (bicyclic) bond motifs is 1. The molecule has 1 atom stereocenters. The lowest BCUT2D eigenvalue weighted by molar-refractivity contribution is 0.333. The summed E-state index contributed by atoms with van der Waals surface area (Å²) in [5, 5.41) is 7.73. The van der Waals surface area contributed by atoms with Gasteiger partial charge in [0.05, 0.1) is 0 Å². The van der Waals surface area contributed by atoms with Gasteiger partial charge in [0, 0.05) is 23.7 Å². The van der Waals surface area contributed by atoms with E-state index in [1.54, 1.807) is 4.52 Å². The Hall–Kier alpha value is -1.36. The Morgan fingerprint density at radius 2 is 2.16 bits per heavy atom. The van der Waals surface area contributed by atoms with Gasteiger partial charge in [0.2, 0.25) is 0 Å². The molecule has 6 heteroatoms. The van der Waals surface area contributed by atoms with E-state index in [1.165, 1.54) is 6.33 Å². The number of anilines is 1. The Morgan fingerprint density at radius 3 is 2.79 bits per heavy atom. The van der Waals surface area contributed by atoms with Crippen LogP contribution < -0.4 is 5.32 Å². The van der Waals surface area contributed by atoms with Gasteiger partial charge in [-0.15, -0.1) is 11.6 Å². The third-order valence-electron chi connectivity index (χ3n) is 3.15. The highest BCUT2D eigenvalue weighted by Gasteiger charge is 2.24. The summed E-state index contributed by atoms with van der Waals surface area (Å²) < 4.78 is 1.72. The van der Waals surface area contributed by atoms with Crippen LogP contribution in [0.2, 0.25) is 0 Å². The molecule has 0 spiro atoms. The second-order valence-corrected chi connectivity index (χ2v) is 6.17. The van der Waals surface area contributed by atoms with Crippen LogP contribution in [0, 0.1) is 12.3 Å². The molecular formula is C13H20ClN5. The maximum atomic E-state index is 5.91. The summed E-state index contributed by atoms with van der Waals surface area (Å²) >= 11 is 5.91. The molecule has 104 valence electrons. The molecule has 1 N–H and O–H groups in total. The molecule has 0 bridgehead atoms. The number of halogens is 1. The predicted molar refractivity (Wildman–Crippen MR) is 77.7 cm³/mol. The standard InChI is InChI=1S/C13H20ClN5/c1-9-7-11(19-12(17-9)15-8-16-19)18-10(5-6-14)13(2,3)4/h7-8,10,18H,5-6H2,1-4H3. The molecule has 0 aliphatic carbocycles. The van der Waals surface area contributed by atoms with Crippen molar-refractivity contribution in [3.63, 3.8) is 0 Å². The Bertz CT molecular complexity index is 558. The van der Waals surface area contributed by atoms with E-state index in [-0.39, 0.29) is 11.5 Å². The summed E-state index contributed by atoms with van der Waals surface area (Å²) in [5.74, 6) is 2.14. The van der Waals surface area contributed by atoms with Gasteiger partial charge in [0.1, 0.15) is 12.1 Å². The molecule has 5 nitrogen and oxygen atoms in total. The van der Waals surface area contributed by atoms with Crippen molar-refractivity contribution in [3.8, 4) is 0 Å². The number of rotatable bonds is 4. The summed E-state index contributed by atoms with van der Waals surface area (Å²) in [6.45, 7) is 8.55. The van der Waals surface area contributed by atoms with Crippen molar-refractivity contribution in [2.24, 2.45) is 5.41 Å². The fraction of sp³-hybridized carbons (Fsp3) is 0.615. The molecule has 2 rings (SSSR count). The lowest BCUT2D eigenvalue weighted by Crippen LogP contribution is -2.35. The minimum absolute atomic E-state index is 0.110. The van der Waals surface area contributed by atoms with Crippen LogP contribution in [-0.4, -0.2) is 31.5 Å². The minimum Gasteiger partial charge on any atom is -0.367 e. The van der Waals surface area contributed by atoms with Gasteiger partial charge in [-0.2, -0.15) is 14.6 Å². The summed E-state index contributed by atoms with van der Waals surface area (Å²) in [6.07, 6.45) is 2.41.